The van der Waals surface area contributed by atoms with Gasteiger partial charge in [-0.1, -0.05) is 43.0 Å². The van der Waals surface area contributed by atoms with Crippen molar-refractivity contribution in [1.82, 2.24) is 4.98 Å². The average molecular weight is 349 g/mol. The Balaban J connectivity index is 1.79. The maximum absolute atomic E-state index is 12.8. The molecule has 1 aromatic carbocycles. The molecule has 1 saturated carbocycles. The molecule has 0 atom stereocenters. The smallest absolute Gasteiger partial charge is 0.231 e. The fraction of sp³-hybridized carbons (Fsp3) is 0.444. The number of amides is 1. The van der Waals surface area contributed by atoms with Gasteiger partial charge in [0, 0.05) is 28.4 Å². The Kier molecular flexibility index (Phi) is 5.34. The van der Waals surface area contributed by atoms with Gasteiger partial charge in [-0.15, -0.1) is 11.3 Å². The summed E-state index contributed by atoms with van der Waals surface area (Å²) in [7, 11) is 0. The molecule has 1 fully saturated rings. The number of hydrogen-bond acceptors (Lipinski definition) is 3. The molecule has 1 heterocycles. The molecule has 0 saturated heterocycles. The number of halogens is 1. The lowest BCUT2D eigenvalue weighted by molar-refractivity contribution is -0.123. The minimum Gasteiger partial charge on any atom is -0.288 e. The molecule has 23 heavy (non-hydrogen) atoms. The third kappa shape index (κ3) is 3.75. The minimum atomic E-state index is 0.173. The highest BCUT2D eigenvalue weighted by molar-refractivity contribution is 7.14. The van der Waals surface area contributed by atoms with E-state index in [1.54, 1.807) is 0 Å². The van der Waals surface area contributed by atoms with E-state index in [9.17, 15) is 4.79 Å². The molecular formula is C18H21ClN2OS. The second kappa shape index (κ2) is 7.45. The quantitative estimate of drug-likeness (QED) is 0.741. The van der Waals surface area contributed by atoms with Crippen LogP contribution in [0.25, 0.3) is 11.3 Å². The molecule has 0 spiro atoms. The highest BCUT2D eigenvalue weighted by atomic mass is 35.5. The first-order valence-electron chi connectivity index (χ1n) is 8.22. The zero-order chi connectivity index (χ0) is 16.2. The van der Waals surface area contributed by atoms with Gasteiger partial charge in [-0.05, 0) is 31.9 Å². The van der Waals surface area contributed by atoms with Crippen LogP contribution in [0.3, 0.4) is 0 Å². The van der Waals surface area contributed by atoms with E-state index in [-0.39, 0.29) is 11.8 Å². The van der Waals surface area contributed by atoms with Crippen LogP contribution in [0.2, 0.25) is 5.02 Å². The minimum absolute atomic E-state index is 0.173. The lowest BCUT2D eigenvalue weighted by Crippen LogP contribution is -2.36. The van der Waals surface area contributed by atoms with Gasteiger partial charge in [-0.3, -0.25) is 9.69 Å². The lowest BCUT2D eigenvalue weighted by Gasteiger charge is -2.26. The predicted octanol–water partition coefficient (Wildman–Crippen LogP) is 5.40. The molecule has 0 radical (unpaired) electrons. The molecule has 122 valence electrons. The Bertz CT molecular complexity index is 662. The summed E-state index contributed by atoms with van der Waals surface area (Å²) in [4.78, 5) is 19.3. The fourth-order valence-electron chi connectivity index (χ4n) is 3.10. The van der Waals surface area contributed by atoms with E-state index in [0.717, 1.165) is 29.2 Å². The highest BCUT2D eigenvalue weighted by Crippen LogP contribution is 2.31. The van der Waals surface area contributed by atoms with Crippen molar-refractivity contribution in [3.05, 3.63) is 34.7 Å². The normalized spacial score (nSPS) is 15.6. The first-order chi connectivity index (χ1) is 11.2. The van der Waals surface area contributed by atoms with E-state index in [2.05, 4.69) is 4.98 Å². The molecule has 0 bridgehead atoms. The third-order valence-corrected chi connectivity index (χ3v) is 5.52. The number of aromatic nitrogens is 1. The van der Waals surface area contributed by atoms with Crippen LogP contribution in [-0.4, -0.2) is 17.4 Å². The molecule has 3 nitrogen and oxygen atoms in total. The topological polar surface area (TPSA) is 33.2 Å². The van der Waals surface area contributed by atoms with E-state index in [4.69, 9.17) is 11.6 Å². The molecule has 1 amide bonds. The summed E-state index contributed by atoms with van der Waals surface area (Å²) >= 11 is 7.47. The summed E-state index contributed by atoms with van der Waals surface area (Å²) in [6.45, 7) is 2.69. The van der Waals surface area contributed by atoms with Gasteiger partial charge in [0.25, 0.3) is 0 Å². The van der Waals surface area contributed by atoms with Gasteiger partial charge in [0.2, 0.25) is 5.91 Å². The fourth-order valence-corrected chi connectivity index (χ4v) is 4.13. The van der Waals surface area contributed by atoms with Crippen molar-refractivity contribution in [2.45, 2.75) is 39.0 Å². The van der Waals surface area contributed by atoms with Gasteiger partial charge >= 0.3 is 0 Å². The summed E-state index contributed by atoms with van der Waals surface area (Å²) < 4.78 is 0. The number of anilines is 1. The number of benzene rings is 1. The monoisotopic (exact) mass is 348 g/mol. The number of nitrogens with zero attached hydrogens (tertiary/aromatic N) is 2. The molecular weight excluding hydrogens is 328 g/mol. The standard InChI is InChI=1S/C18H21ClN2OS/c1-2-21(17(22)14-6-4-3-5-7-14)18-20-16(12-23-18)13-8-10-15(19)11-9-13/h8-12,14H,2-7H2,1H3. The molecule has 3 rings (SSSR count). The third-order valence-electron chi connectivity index (χ3n) is 4.40. The zero-order valence-electron chi connectivity index (χ0n) is 13.3. The summed E-state index contributed by atoms with van der Waals surface area (Å²) in [6, 6.07) is 7.64. The van der Waals surface area contributed by atoms with Crippen molar-refractivity contribution >= 4 is 34.0 Å². The Morgan fingerprint density at radius 1 is 1.26 bits per heavy atom. The van der Waals surface area contributed by atoms with Crippen LogP contribution >= 0.6 is 22.9 Å². The Morgan fingerprint density at radius 2 is 1.96 bits per heavy atom. The van der Waals surface area contributed by atoms with Crippen LogP contribution in [0.5, 0.6) is 0 Å². The van der Waals surface area contributed by atoms with Gasteiger partial charge in [0.1, 0.15) is 0 Å². The van der Waals surface area contributed by atoms with Crippen molar-refractivity contribution < 1.29 is 4.79 Å². The SMILES string of the molecule is CCN(C(=O)C1CCCCC1)c1nc(-c2ccc(Cl)cc2)cs1. The average Bonchev–Trinajstić information content (AvgIpc) is 3.06. The molecule has 0 aliphatic heterocycles. The molecule has 0 unspecified atom stereocenters. The molecule has 5 heteroatoms. The lowest BCUT2D eigenvalue weighted by atomic mass is 9.88. The van der Waals surface area contributed by atoms with E-state index in [1.165, 1.54) is 30.6 Å². The van der Waals surface area contributed by atoms with Crippen LogP contribution < -0.4 is 4.90 Å². The van der Waals surface area contributed by atoms with E-state index in [0.29, 0.717) is 11.6 Å². The number of rotatable bonds is 4. The Morgan fingerprint density at radius 3 is 2.61 bits per heavy atom. The number of thiazole rings is 1. The number of hydrogen-bond donors (Lipinski definition) is 0. The first-order valence-corrected chi connectivity index (χ1v) is 9.47. The van der Waals surface area contributed by atoms with Gasteiger partial charge in [-0.25, -0.2) is 4.98 Å². The van der Waals surface area contributed by atoms with E-state index in [1.807, 2.05) is 41.5 Å². The summed E-state index contributed by atoms with van der Waals surface area (Å²) in [5.41, 5.74) is 1.93. The second-order valence-electron chi connectivity index (χ2n) is 5.94. The second-order valence-corrected chi connectivity index (χ2v) is 7.21. The van der Waals surface area contributed by atoms with E-state index >= 15 is 0 Å². The van der Waals surface area contributed by atoms with Gasteiger partial charge in [-0.2, -0.15) is 0 Å². The van der Waals surface area contributed by atoms with Crippen LogP contribution in [-0.2, 0) is 4.79 Å². The van der Waals surface area contributed by atoms with Gasteiger partial charge < -0.3 is 0 Å². The first kappa shape index (κ1) is 16.5. The maximum atomic E-state index is 12.8. The Hall–Kier alpha value is -1.39. The van der Waals surface area contributed by atoms with Crippen LogP contribution in [0.1, 0.15) is 39.0 Å². The zero-order valence-corrected chi connectivity index (χ0v) is 14.9. The van der Waals surface area contributed by atoms with Gasteiger partial charge in [0.15, 0.2) is 5.13 Å². The summed E-state index contributed by atoms with van der Waals surface area (Å²) in [5.74, 6) is 0.413. The largest absolute Gasteiger partial charge is 0.288 e. The van der Waals surface area contributed by atoms with E-state index < -0.39 is 0 Å². The molecule has 2 aromatic rings. The van der Waals surface area contributed by atoms with Crippen LogP contribution in [0, 0.1) is 5.92 Å². The van der Waals surface area contributed by atoms with Crippen molar-refractivity contribution in [2.75, 3.05) is 11.4 Å². The maximum Gasteiger partial charge on any atom is 0.231 e. The Labute approximate surface area is 146 Å². The van der Waals surface area contributed by atoms with Crippen molar-refractivity contribution in [3.63, 3.8) is 0 Å². The molecule has 1 aromatic heterocycles. The summed E-state index contributed by atoms with van der Waals surface area (Å²) in [6.07, 6.45) is 5.63. The van der Waals surface area contributed by atoms with Crippen molar-refractivity contribution in [3.8, 4) is 11.3 Å². The highest BCUT2D eigenvalue weighted by Gasteiger charge is 2.27. The number of carbonyl (C=O) groups is 1. The van der Waals surface area contributed by atoms with Crippen molar-refractivity contribution in [2.24, 2.45) is 5.92 Å². The van der Waals surface area contributed by atoms with Gasteiger partial charge in [0.05, 0.1) is 5.69 Å². The van der Waals surface area contributed by atoms with Crippen LogP contribution in [0.4, 0.5) is 5.13 Å². The predicted molar refractivity (Wildman–Crippen MR) is 97.2 cm³/mol. The molecule has 0 N–H and O–H groups in total. The van der Waals surface area contributed by atoms with Crippen molar-refractivity contribution in [1.29, 1.82) is 0 Å². The van der Waals surface area contributed by atoms with Crippen LogP contribution in [0.15, 0.2) is 29.6 Å². The molecule has 1 aliphatic rings. The summed E-state index contributed by atoms with van der Waals surface area (Å²) in [5, 5.41) is 3.52. The molecule has 1 aliphatic carbocycles. The number of carbonyl (C=O) groups excluding carboxylic acids is 1.